The number of hydrogen-bond acceptors (Lipinski definition) is 4. The van der Waals surface area contributed by atoms with E-state index in [1.165, 1.54) is 12.1 Å². The quantitative estimate of drug-likeness (QED) is 0.699. The molecule has 0 bridgehead atoms. The fourth-order valence-corrected chi connectivity index (χ4v) is 3.44. The van der Waals surface area contributed by atoms with Gasteiger partial charge in [-0.1, -0.05) is 18.2 Å². The maximum absolute atomic E-state index is 13.0. The van der Waals surface area contributed by atoms with Gasteiger partial charge in [0.25, 0.3) is 5.91 Å². The zero-order chi connectivity index (χ0) is 18.8. The van der Waals surface area contributed by atoms with Gasteiger partial charge in [-0.05, 0) is 49.6 Å². The van der Waals surface area contributed by atoms with Gasteiger partial charge in [-0.15, -0.1) is 0 Å². The van der Waals surface area contributed by atoms with Gasteiger partial charge in [0.05, 0.1) is 6.20 Å². The van der Waals surface area contributed by atoms with E-state index in [2.05, 4.69) is 9.97 Å². The molecule has 1 fully saturated rings. The molecule has 1 amide bonds. The van der Waals surface area contributed by atoms with Crippen molar-refractivity contribution in [3.05, 3.63) is 83.1 Å². The average molecular weight is 365 g/mol. The topological polar surface area (TPSA) is 59.2 Å². The summed E-state index contributed by atoms with van der Waals surface area (Å²) in [5, 5.41) is 0. The van der Waals surface area contributed by atoms with E-state index in [0.29, 0.717) is 30.3 Å². The van der Waals surface area contributed by atoms with Gasteiger partial charge in [0.1, 0.15) is 23.3 Å². The first kappa shape index (κ1) is 17.4. The molecule has 138 valence electrons. The minimum absolute atomic E-state index is 0.0977. The predicted molar refractivity (Wildman–Crippen MR) is 97.7 cm³/mol. The average Bonchev–Trinajstić information content (AvgIpc) is 3.32. The predicted octanol–water partition coefficient (Wildman–Crippen LogP) is 4.09. The number of rotatable bonds is 4. The number of aryl methyl sites for hydroxylation is 1. The number of benzene rings is 1. The third kappa shape index (κ3) is 3.74. The number of likely N-dealkylation sites (tertiary alicyclic amines) is 1. The Kier molecular flexibility index (Phi) is 4.71. The van der Waals surface area contributed by atoms with Crippen molar-refractivity contribution in [1.29, 1.82) is 0 Å². The van der Waals surface area contributed by atoms with Crippen LogP contribution >= 0.6 is 0 Å². The number of oxazole rings is 1. The molecule has 1 aliphatic heterocycles. The lowest BCUT2D eigenvalue weighted by molar-refractivity contribution is 0.0708. The van der Waals surface area contributed by atoms with Gasteiger partial charge >= 0.3 is 0 Å². The summed E-state index contributed by atoms with van der Waals surface area (Å²) in [6.45, 7) is 2.53. The summed E-state index contributed by atoms with van der Waals surface area (Å²) in [5.41, 5.74) is 2.21. The highest BCUT2D eigenvalue weighted by Gasteiger charge is 2.34. The van der Waals surface area contributed by atoms with Crippen LogP contribution < -0.4 is 0 Å². The summed E-state index contributed by atoms with van der Waals surface area (Å²) in [6.07, 6.45) is 3.93. The van der Waals surface area contributed by atoms with Crippen LogP contribution in [-0.2, 0) is 6.42 Å². The molecule has 3 aromatic rings. The van der Waals surface area contributed by atoms with E-state index in [4.69, 9.17) is 4.42 Å². The van der Waals surface area contributed by atoms with Crippen molar-refractivity contribution in [2.45, 2.75) is 32.2 Å². The Hall–Kier alpha value is -3.02. The first-order valence-electron chi connectivity index (χ1n) is 9.04. The minimum Gasteiger partial charge on any atom is -0.443 e. The molecule has 0 spiro atoms. The SMILES string of the molecule is Cc1cccc(C(=O)N2CCCC2c2ncc(Cc3ccc(F)cc3)o2)n1. The Balaban J connectivity index is 1.51. The number of halogens is 1. The zero-order valence-electron chi connectivity index (χ0n) is 15.1. The third-order valence-electron chi connectivity index (χ3n) is 4.77. The number of nitrogens with zero attached hydrogens (tertiary/aromatic N) is 3. The molecule has 0 radical (unpaired) electrons. The fourth-order valence-electron chi connectivity index (χ4n) is 3.44. The maximum Gasteiger partial charge on any atom is 0.273 e. The van der Waals surface area contributed by atoms with E-state index in [0.717, 1.165) is 24.1 Å². The molecular weight excluding hydrogens is 345 g/mol. The largest absolute Gasteiger partial charge is 0.443 e. The van der Waals surface area contributed by atoms with Gasteiger partial charge < -0.3 is 9.32 Å². The Morgan fingerprint density at radius 3 is 2.85 bits per heavy atom. The van der Waals surface area contributed by atoms with E-state index >= 15 is 0 Å². The molecule has 2 aromatic heterocycles. The number of carbonyl (C=O) groups excluding carboxylic acids is 1. The van der Waals surface area contributed by atoms with Crippen LogP contribution in [0.15, 0.2) is 53.1 Å². The molecule has 27 heavy (non-hydrogen) atoms. The first-order chi connectivity index (χ1) is 13.1. The summed E-state index contributed by atoms with van der Waals surface area (Å²) in [5.74, 6) is 0.886. The molecule has 4 rings (SSSR count). The van der Waals surface area contributed by atoms with Gasteiger partial charge in [-0.3, -0.25) is 4.79 Å². The second-order valence-corrected chi connectivity index (χ2v) is 6.79. The number of hydrogen-bond donors (Lipinski definition) is 0. The Morgan fingerprint density at radius 1 is 1.26 bits per heavy atom. The van der Waals surface area contributed by atoms with Gasteiger partial charge in [0.2, 0.25) is 5.89 Å². The molecule has 3 heterocycles. The molecule has 6 heteroatoms. The first-order valence-corrected chi connectivity index (χ1v) is 9.04. The number of aromatic nitrogens is 2. The molecule has 0 aliphatic carbocycles. The summed E-state index contributed by atoms with van der Waals surface area (Å²) < 4.78 is 19.0. The molecule has 1 aliphatic rings. The van der Waals surface area contributed by atoms with Crippen molar-refractivity contribution in [3.63, 3.8) is 0 Å². The van der Waals surface area contributed by atoms with Crippen LogP contribution in [0.25, 0.3) is 0 Å². The van der Waals surface area contributed by atoms with Crippen LogP contribution in [0, 0.1) is 12.7 Å². The van der Waals surface area contributed by atoms with Crippen molar-refractivity contribution >= 4 is 5.91 Å². The summed E-state index contributed by atoms with van der Waals surface area (Å²) in [4.78, 5) is 23.4. The Bertz CT molecular complexity index is 952. The summed E-state index contributed by atoms with van der Waals surface area (Å²) >= 11 is 0. The van der Waals surface area contributed by atoms with Crippen molar-refractivity contribution in [2.24, 2.45) is 0 Å². The van der Waals surface area contributed by atoms with Crippen LogP contribution in [-0.4, -0.2) is 27.3 Å². The molecule has 1 aromatic carbocycles. The van der Waals surface area contributed by atoms with Gasteiger partial charge in [0.15, 0.2) is 0 Å². The molecule has 0 saturated carbocycles. The second kappa shape index (κ2) is 7.31. The summed E-state index contributed by atoms with van der Waals surface area (Å²) in [7, 11) is 0. The lowest BCUT2D eigenvalue weighted by Gasteiger charge is -2.22. The monoisotopic (exact) mass is 365 g/mol. The number of pyridine rings is 1. The number of carbonyl (C=O) groups is 1. The van der Waals surface area contributed by atoms with Crippen molar-refractivity contribution < 1.29 is 13.6 Å². The van der Waals surface area contributed by atoms with Gasteiger partial charge in [-0.25, -0.2) is 14.4 Å². The molecule has 1 atom stereocenters. The lowest BCUT2D eigenvalue weighted by Crippen LogP contribution is -2.31. The van der Waals surface area contributed by atoms with Crippen molar-refractivity contribution in [2.75, 3.05) is 6.54 Å². The highest BCUT2D eigenvalue weighted by Crippen LogP contribution is 2.33. The normalized spacial score (nSPS) is 16.7. The Labute approximate surface area is 156 Å². The van der Waals surface area contributed by atoms with E-state index in [1.54, 1.807) is 29.3 Å². The van der Waals surface area contributed by atoms with Crippen molar-refractivity contribution in [3.8, 4) is 0 Å². The highest BCUT2D eigenvalue weighted by molar-refractivity contribution is 5.92. The van der Waals surface area contributed by atoms with Crippen molar-refractivity contribution in [1.82, 2.24) is 14.9 Å². The van der Waals surface area contributed by atoms with E-state index in [9.17, 15) is 9.18 Å². The summed E-state index contributed by atoms with van der Waals surface area (Å²) in [6, 6.07) is 11.6. The molecule has 1 saturated heterocycles. The fraction of sp³-hybridized carbons (Fsp3) is 0.286. The maximum atomic E-state index is 13.0. The van der Waals surface area contributed by atoms with Gasteiger partial charge in [0, 0.05) is 18.7 Å². The van der Waals surface area contributed by atoms with Gasteiger partial charge in [-0.2, -0.15) is 0 Å². The van der Waals surface area contributed by atoms with Crippen LogP contribution in [0.5, 0.6) is 0 Å². The minimum atomic E-state index is -0.262. The molecular formula is C21H20FN3O2. The molecule has 0 N–H and O–H groups in total. The van der Waals surface area contributed by atoms with Crippen LogP contribution in [0.1, 0.15) is 52.3 Å². The number of amides is 1. The molecule has 5 nitrogen and oxygen atoms in total. The highest BCUT2D eigenvalue weighted by atomic mass is 19.1. The van der Waals surface area contributed by atoms with Crippen LogP contribution in [0.3, 0.4) is 0 Å². The van der Waals surface area contributed by atoms with E-state index in [-0.39, 0.29) is 17.8 Å². The standard InChI is InChI=1S/C21H20FN3O2/c1-14-4-2-5-18(24-14)21(26)25-11-3-6-19(25)20-23-13-17(27-20)12-15-7-9-16(22)10-8-15/h2,4-5,7-10,13,19H,3,6,11-12H2,1H3. The van der Waals surface area contributed by atoms with E-state index < -0.39 is 0 Å². The second-order valence-electron chi connectivity index (χ2n) is 6.79. The molecule has 1 unspecified atom stereocenters. The Morgan fingerprint density at radius 2 is 2.07 bits per heavy atom. The van der Waals surface area contributed by atoms with Crippen LogP contribution in [0.2, 0.25) is 0 Å². The van der Waals surface area contributed by atoms with Crippen LogP contribution in [0.4, 0.5) is 4.39 Å². The zero-order valence-corrected chi connectivity index (χ0v) is 15.1. The lowest BCUT2D eigenvalue weighted by atomic mass is 10.1. The third-order valence-corrected chi connectivity index (χ3v) is 4.77. The van der Waals surface area contributed by atoms with E-state index in [1.807, 2.05) is 19.1 Å². The smallest absolute Gasteiger partial charge is 0.273 e.